The van der Waals surface area contributed by atoms with Gasteiger partial charge in [0.25, 0.3) is 6.36 Å². The number of hydrogen-bond acceptors (Lipinski definition) is 3. The molecule has 0 aromatic heterocycles. The second kappa shape index (κ2) is 5.32. The molecule has 0 saturated heterocycles. The molecule has 0 fully saturated rings. The Morgan fingerprint density at radius 1 is 1.00 bits per heavy atom. The average Bonchev–Trinajstić information content (AvgIpc) is 2.27. The molecule has 0 bridgehead atoms. The van der Waals surface area contributed by atoms with E-state index in [1.807, 2.05) is 0 Å². The molecule has 0 aliphatic rings. The monoisotopic (exact) mass is 310 g/mol. The highest BCUT2D eigenvalue weighted by atomic mass is 19.4. The number of aliphatic hydroxyl groups excluding tert-OH is 1. The number of alkyl halides is 9. The van der Waals surface area contributed by atoms with Gasteiger partial charge in [0.2, 0.25) is 0 Å². The zero-order chi connectivity index (χ0) is 15.7. The zero-order valence-electron chi connectivity index (χ0n) is 8.95. The van der Waals surface area contributed by atoms with Crippen molar-refractivity contribution in [2.45, 2.75) is 30.4 Å². The molecule has 0 saturated carbocycles. The smallest absolute Gasteiger partial charge is 0.390 e. The minimum atomic E-state index is -6.43. The Bertz CT molecular complexity index is 306. The van der Waals surface area contributed by atoms with Crippen LogP contribution in [0, 0.1) is 0 Å². The summed E-state index contributed by atoms with van der Waals surface area (Å²) in [6.07, 6.45) is -15.8. The Hall–Kier alpha value is -0.750. The molecule has 0 aliphatic carbocycles. The van der Waals surface area contributed by atoms with Crippen LogP contribution in [0.3, 0.4) is 0 Å². The van der Waals surface area contributed by atoms with Gasteiger partial charge in [-0.2, -0.15) is 35.1 Å². The van der Waals surface area contributed by atoms with E-state index in [0.29, 0.717) is 0 Å². The Kier molecular flexibility index (Phi) is 5.11. The summed E-state index contributed by atoms with van der Waals surface area (Å²) in [7, 11) is 0.133. The molecule has 1 atom stereocenters. The van der Waals surface area contributed by atoms with E-state index in [9.17, 15) is 39.5 Å². The first-order chi connectivity index (χ1) is 8.25. The number of hydrogen-bond donors (Lipinski definition) is 1. The van der Waals surface area contributed by atoms with Crippen molar-refractivity contribution in [1.29, 1.82) is 0 Å². The minimum Gasteiger partial charge on any atom is -0.390 e. The standard InChI is InChI=1S/C7H7F9O3/c1-18-5(11,12)3(8)19-7(15,16)6(13,14)4(9,10)2-17/h3,17H,2H2,1H3. The van der Waals surface area contributed by atoms with Crippen molar-refractivity contribution in [2.75, 3.05) is 13.7 Å². The lowest BCUT2D eigenvalue weighted by Gasteiger charge is -2.32. The molecular formula is C7H7F9O3. The topological polar surface area (TPSA) is 38.7 Å². The molecule has 19 heavy (non-hydrogen) atoms. The fraction of sp³-hybridized carbons (Fsp3) is 1.00. The van der Waals surface area contributed by atoms with Gasteiger partial charge in [0.1, 0.15) is 6.61 Å². The van der Waals surface area contributed by atoms with Crippen LogP contribution in [0.15, 0.2) is 0 Å². The molecule has 3 nitrogen and oxygen atoms in total. The molecule has 0 aromatic carbocycles. The van der Waals surface area contributed by atoms with Gasteiger partial charge in [-0.3, -0.25) is 4.74 Å². The normalized spacial score (nSPS) is 16.6. The van der Waals surface area contributed by atoms with Crippen molar-refractivity contribution >= 4 is 0 Å². The van der Waals surface area contributed by atoms with E-state index < -0.39 is 37.0 Å². The van der Waals surface area contributed by atoms with Gasteiger partial charge in [0.15, 0.2) is 0 Å². The number of rotatable bonds is 7. The predicted molar refractivity (Wildman–Crippen MR) is 39.9 cm³/mol. The number of ether oxygens (including phenoxy) is 2. The van der Waals surface area contributed by atoms with Gasteiger partial charge >= 0.3 is 24.1 Å². The fourth-order valence-corrected chi connectivity index (χ4v) is 0.677. The summed E-state index contributed by atoms with van der Waals surface area (Å²) in [5.41, 5.74) is 0. The Balaban J connectivity index is 5.19. The van der Waals surface area contributed by atoms with Crippen molar-refractivity contribution in [2.24, 2.45) is 0 Å². The highest BCUT2D eigenvalue weighted by Crippen LogP contribution is 2.47. The number of aliphatic hydroxyl groups is 1. The van der Waals surface area contributed by atoms with Gasteiger partial charge in [0.05, 0.1) is 0 Å². The zero-order valence-corrected chi connectivity index (χ0v) is 8.95. The van der Waals surface area contributed by atoms with Gasteiger partial charge in [-0.25, -0.2) is 4.39 Å². The molecule has 0 radical (unpaired) electrons. The maximum absolute atomic E-state index is 12.6. The summed E-state index contributed by atoms with van der Waals surface area (Å²) in [6, 6.07) is 0. The second-order valence-corrected chi connectivity index (χ2v) is 3.15. The maximum Gasteiger partial charge on any atom is 0.428 e. The van der Waals surface area contributed by atoms with E-state index in [1.165, 1.54) is 0 Å². The Morgan fingerprint density at radius 3 is 1.74 bits per heavy atom. The van der Waals surface area contributed by atoms with Crippen molar-refractivity contribution in [1.82, 2.24) is 0 Å². The summed E-state index contributed by atoms with van der Waals surface area (Å²) in [4.78, 5) is 0. The van der Waals surface area contributed by atoms with E-state index in [4.69, 9.17) is 5.11 Å². The van der Waals surface area contributed by atoms with Crippen LogP contribution in [0.1, 0.15) is 0 Å². The predicted octanol–water partition coefficient (Wildman–Crippen LogP) is 2.39. The van der Waals surface area contributed by atoms with Crippen LogP contribution < -0.4 is 0 Å². The van der Waals surface area contributed by atoms with E-state index >= 15 is 0 Å². The first-order valence-electron chi connectivity index (χ1n) is 4.24. The lowest BCUT2D eigenvalue weighted by atomic mass is 10.1. The van der Waals surface area contributed by atoms with E-state index in [2.05, 4.69) is 9.47 Å². The maximum atomic E-state index is 12.6. The van der Waals surface area contributed by atoms with Gasteiger partial charge < -0.3 is 9.84 Å². The first-order valence-corrected chi connectivity index (χ1v) is 4.24. The summed E-state index contributed by atoms with van der Waals surface area (Å²) in [6.45, 7) is -2.74. The molecular weight excluding hydrogens is 303 g/mol. The minimum absolute atomic E-state index is 0.133. The SMILES string of the molecule is COC(F)(F)C(F)OC(F)(F)C(F)(F)C(F)(F)CO. The van der Waals surface area contributed by atoms with Crippen molar-refractivity contribution < 1.29 is 54.1 Å². The fourth-order valence-electron chi connectivity index (χ4n) is 0.677. The van der Waals surface area contributed by atoms with Crippen molar-refractivity contribution in [3.63, 3.8) is 0 Å². The molecule has 1 unspecified atom stereocenters. The van der Waals surface area contributed by atoms with E-state index in [1.54, 1.807) is 0 Å². The molecule has 0 spiro atoms. The molecule has 0 rings (SSSR count). The summed E-state index contributed by atoms with van der Waals surface area (Å²) in [5.74, 6) is -12.2. The molecule has 0 heterocycles. The van der Waals surface area contributed by atoms with Crippen LogP contribution in [-0.2, 0) is 9.47 Å². The van der Waals surface area contributed by atoms with Gasteiger partial charge in [-0.15, -0.1) is 0 Å². The van der Waals surface area contributed by atoms with Gasteiger partial charge in [-0.1, -0.05) is 0 Å². The highest BCUT2D eigenvalue weighted by Gasteiger charge is 2.74. The lowest BCUT2D eigenvalue weighted by molar-refractivity contribution is -0.451. The third-order valence-electron chi connectivity index (χ3n) is 1.81. The molecule has 0 amide bonds. The number of methoxy groups -OCH3 is 1. The van der Waals surface area contributed by atoms with Gasteiger partial charge in [-0.05, 0) is 0 Å². The molecule has 0 aliphatic heterocycles. The number of halogens is 9. The summed E-state index contributed by atoms with van der Waals surface area (Å²) in [5, 5.41) is 7.85. The van der Waals surface area contributed by atoms with Gasteiger partial charge in [0, 0.05) is 7.11 Å². The second-order valence-electron chi connectivity index (χ2n) is 3.15. The lowest BCUT2D eigenvalue weighted by Crippen LogP contribution is -2.58. The quantitative estimate of drug-likeness (QED) is 0.734. The van der Waals surface area contributed by atoms with Crippen LogP contribution in [-0.4, -0.2) is 49.2 Å². The largest absolute Gasteiger partial charge is 0.428 e. The molecule has 116 valence electrons. The van der Waals surface area contributed by atoms with Crippen LogP contribution in [0.5, 0.6) is 0 Å². The average molecular weight is 310 g/mol. The van der Waals surface area contributed by atoms with Crippen molar-refractivity contribution in [3.8, 4) is 0 Å². The van der Waals surface area contributed by atoms with Crippen LogP contribution >= 0.6 is 0 Å². The highest BCUT2D eigenvalue weighted by molar-refractivity contribution is 4.91. The molecule has 12 heteroatoms. The Labute approximate surface area is 99.4 Å². The summed E-state index contributed by atoms with van der Waals surface area (Å²) < 4.78 is 118. The van der Waals surface area contributed by atoms with E-state index in [-0.39, 0.29) is 7.11 Å². The molecule has 0 aromatic rings. The van der Waals surface area contributed by atoms with Crippen molar-refractivity contribution in [3.05, 3.63) is 0 Å². The third-order valence-corrected chi connectivity index (χ3v) is 1.81. The van der Waals surface area contributed by atoms with Crippen LogP contribution in [0.2, 0.25) is 0 Å². The Morgan fingerprint density at radius 2 is 1.42 bits per heavy atom. The molecule has 1 N–H and O–H groups in total. The summed E-state index contributed by atoms with van der Waals surface area (Å²) >= 11 is 0. The van der Waals surface area contributed by atoms with E-state index in [0.717, 1.165) is 0 Å². The van der Waals surface area contributed by atoms with Crippen LogP contribution in [0.25, 0.3) is 0 Å². The van der Waals surface area contributed by atoms with Crippen LogP contribution in [0.4, 0.5) is 39.5 Å². The first kappa shape index (κ1) is 18.2. The third kappa shape index (κ3) is 3.42.